The second-order valence-corrected chi connectivity index (χ2v) is 9.03. The van der Waals surface area contributed by atoms with Crippen LogP contribution in [0.4, 0.5) is 5.69 Å². The highest BCUT2D eigenvalue weighted by Crippen LogP contribution is 2.51. The quantitative estimate of drug-likeness (QED) is 0.692. The number of rotatable bonds is 2. The highest BCUT2D eigenvalue weighted by molar-refractivity contribution is 6.12. The molecule has 0 unspecified atom stereocenters. The van der Waals surface area contributed by atoms with Crippen molar-refractivity contribution in [1.29, 1.82) is 0 Å². The Labute approximate surface area is 175 Å². The van der Waals surface area contributed by atoms with E-state index in [4.69, 9.17) is 0 Å². The number of carbonyl (C=O) groups excluding carboxylic acids is 2. The van der Waals surface area contributed by atoms with Gasteiger partial charge in [0.1, 0.15) is 0 Å². The van der Waals surface area contributed by atoms with E-state index in [1.807, 2.05) is 12.1 Å². The zero-order valence-electron chi connectivity index (χ0n) is 17.0. The Balaban J connectivity index is 1.74. The molecule has 4 nitrogen and oxygen atoms in total. The van der Waals surface area contributed by atoms with Gasteiger partial charge in [0.25, 0.3) is 0 Å². The Bertz CT molecular complexity index is 1230. The van der Waals surface area contributed by atoms with Crippen LogP contribution in [-0.2, 0) is 4.79 Å². The molecule has 4 heteroatoms. The number of allylic oxidation sites excluding steroid dienone is 1. The minimum absolute atomic E-state index is 0.106. The molecule has 0 spiro atoms. The molecule has 0 aromatic heterocycles. The molecule has 1 aliphatic carbocycles. The molecular weight excluding hydrogens is 374 g/mol. The first-order valence-corrected chi connectivity index (χ1v) is 10.2. The first-order chi connectivity index (χ1) is 14.3. The van der Waals surface area contributed by atoms with Crippen molar-refractivity contribution in [1.82, 2.24) is 0 Å². The highest BCUT2D eigenvalue weighted by Gasteiger charge is 2.40. The molecule has 1 atom stereocenters. The van der Waals surface area contributed by atoms with E-state index in [-0.39, 0.29) is 22.8 Å². The van der Waals surface area contributed by atoms with Crippen molar-refractivity contribution < 1.29 is 14.7 Å². The van der Waals surface area contributed by atoms with Crippen molar-refractivity contribution in [2.24, 2.45) is 5.41 Å². The molecule has 2 aliphatic rings. The molecule has 0 fully saturated rings. The van der Waals surface area contributed by atoms with Crippen molar-refractivity contribution in [3.63, 3.8) is 0 Å². The largest absolute Gasteiger partial charge is 0.545 e. The molecule has 3 aromatic rings. The van der Waals surface area contributed by atoms with Gasteiger partial charge in [-0.25, -0.2) is 0 Å². The summed E-state index contributed by atoms with van der Waals surface area (Å²) >= 11 is 0. The van der Waals surface area contributed by atoms with Gasteiger partial charge in [0, 0.05) is 23.2 Å². The number of anilines is 1. The van der Waals surface area contributed by atoms with E-state index in [9.17, 15) is 14.7 Å². The lowest BCUT2D eigenvalue weighted by Crippen LogP contribution is -2.33. The second-order valence-electron chi connectivity index (χ2n) is 9.03. The van der Waals surface area contributed by atoms with Crippen molar-refractivity contribution in [2.45, 2.75) is 32.7 Å². The van der Waals surface area contributed by atoms with Crippen LogP contribution in [0.5, 0.6) is 0 Å². The summed E-state index contributed by atoms with van der Waals surface area (Å²) in [6, 6.07) is 18.8. The molecule has 1 aliphatic heterocycles. The van der Waals surface area contributed by atoms with E-state index >= 15 is 0 Å². The molecule has 1 N–H and O–H groups in total. The van der Waals surface area contributed by atoms with E-state index in [0.717, 1.165) is 45.2 Å². The molecule has 3 aromatic carbocycles. The van der Waals surface area contributed by atoms with E-state index < -0.39 is 5.97 Å². The molecule has 0 radical (unpaired) electrons. The maximum Gasteiger partial charge on any atom is 0.162 e. The maximum absolute atomic E-state index is 13.3. The fraction of sp³-hybridized carbons (Fsp3) is 0.231. The lowest BCUT2D eigenvalue weighted by atomic mass is 9.68. The summed E-state index contributed by atoms with van der Waals surface area (Å²) in [5, 5.41) is 17.0. The zero-order valence-corrected chi connectivity index (χ0v) is 17.0. The van der Waals surface area contributed by atoms with E-state index in [1.54, 1.807) is 24.3 Å². The summed E-state index contributed by atoms with van der Waals surface area (Å²) in [6.45, 7) is 4.29. The monoisotopic (exact) mass is 396 g/mol. The van der Waals surface area contributed by atoms with Gasteiger partial charge < -0.3 is 15.2 Å². The smallest absolute Gasteiger partial charge is 0.162 e. The minimum Gasteiger partial charge on any atom is -0.545 e. The van der Waals surface area contributed by atoms with Crippen LogP contribution in [0.3, 0.4) is 0 Å². The molecule has 1 heterocycles. The predicted octanol–water partition coefficient (Wildman–Crippen LogP) is 4.51. The lowest BCUT2D eigenvalue weighted by Gasteiger charge is -2.40. The number of aromatic carboxylic acids is 1. The number of benzene rings is 3. The zero-order chi connectivity index (χ0) is 21.0. The summed E-state index contributed by atoms with van der Waals surface area (Å²) in [5.74, 6) is -1.05. The molecular formula is C26H22NO3-. The summed E-state index contributed by atoms with van der Waals surface area (Å²) in [4.78, 5) is 24.5. The normalized spacial score (nSPS) is 19.8. The average molecular weight is 396 g/mol. The molecule has 0 bridgehead atoms. The van der Waals surface area contributed by atoms with Gasteiger partial charge >= 0.3 is 0 Å². The number of carboxylic acid groups (broad SMARTS) is 1. The standard InChI is InChI=1S/C26H23NO3/c1-26(2)13-19-22-18-6-4-3-5-15(18)11-12-20(22)27-24(23(19)21(28)14-26)16-7-9-17(10-8-16)25(29)30/h3-12,24,27H,13-14H2,1-2H3,(H,29,30)/p-1/t24-/m1/s1. The van der Waals surface area contributed by atoms with E-state index in [2.05, 4.69) is 43.4 Å². The Morgan fingerprint density at radius 3 is 2.47 bits per heavy atom. The van der Waals surface area contributed by atoms with Crippen molar-refractivity contribution in [3.8, 4) is 0 Å². The SMILES string of the molecule is CC1(C)CC(=O)C2=C(C1)c1c(ccc3ccccc13)N[C@@H]2c1ccc(C(=O)[O-])cc1. The number of hydrogen-bond acceptors (Lipinski definition) is 4. The number of ketones is 1. The van der Waals surface area contributed by atoms with E-state index in [1.165, 1.54) is 0 Å². The Kier molecular flexibility index (Phi) is 4.07. The lowest BCUT2D eigenvalue weighted by molar-refractivity contribution is -0.255. The average Bonchev–Trinajstić information content (AvgIpc) is 2.72. The van der Waals surface area contributed by atoms with Crippen LogP contribution in [0.15, 0.2) is 66.2 Å². The van der Waals surface area contributed by atoms with Gasteiger partial charge in [-0.2, -0.15) is 0 Å². The topological polar surface area (TPSA) is 69.2 Å². The van der Waals surface area contributed by atoms with Crippen LogP contribution in [-0.4, -0.2) is 11.8 Å². The number of carbonyl (C=O) groups is 2. The van der Waals surface area contributed by atoms with Crippen LogP contribution in [0, 0.1) is 5.41 Å². The summed E-state index contributed by atoms with van der Waals surface area (Å²) in [6.07, 6.45) is 1.33. The Morgan fingerprint density at radius 2 is 1.73 bits per heavy atom. The maximum atomic E-state index is 13.3. The number of Topliss-reactive ketones (excluding diaryl/α,β-unsaturated/α-hetero) is 1. The molecule has 150 valence electrons. The van der Waals surface area contributed by atoms with Crippen molar-refractivity contribution in [2.75, 3.05) is 5.32 Å². The van der Waals surface area contributed by atoms with Crippen LogP contribution in [0.2, 0.25) is 0 Å². The first kappa shape index (κ1) is 18.6. The third-order valence-corrected chi connectivity index (χ3v) is 6.22. The third-order valence-electron chi connectivity index (χ3n) is 6.22. The number of hydrogen-bond donors (Lipinski definition) is 1. The molecule has 0 amide bonds. The van der Waals surface area contributed by atoms with Gasteiger partial charge in [-0.3, -0.25) is 4.79 Å². The van der Waals surface area contributed by atoms with Crippen LogP contribution in [0.1, 0.15) is 54.2 Å². The van der Waals surface area contributed by atoms with Crippen molar-refractivity contribution in [3.05, 3.63) is 82.9 Å². The van der Waals surface area contributed by atoms with Gasteiger partial charge in [-0.05, 0) is 45.4 Å². The summed E-state index contributed by atoms with van der Waals surface area (Å²) < 4.78 is 0. The number of fused-ring (bicyclic) bond motifs is 4. The minimum atomic E-state index is -1.20. The van der Waals surface area contributed by atoms with Gasteiger partial charge in [0.2, 0.25) is 0 Å². The number of carboxylic acids is 1. The first-order valence-electron chi connectivity index (χ1n) is 10.2. The number of nitrogens with one attached hydrogen (secondary N) is 1. The highest BCUT2D eigenvalue weighted by atomic mass is 16.4. The van der Waals surface area contributed by atoms with Crippen molar-refractivity contribution >= 4 is 33.8 Å². The third kappa shape index (κ3) is 2.91. The van der Waals surface area contributed by atoms with Crippen LogP contribution >= 0.6 is 0 Å². The van der Waals surface area contributed by atoms with Gasteiger partial charge in [0.05, 0.1) is 12.0 Å². The van der Waals surface area contributed by atoms with Gasteiger partial charge in [-0.1, -0.05) is 68.4 Å². The molecule has 5 rings (SSSR count). The predicted molar refractivity (Wildman–Crippen MR) is 116 cm³/mol. The van der Waals surface area contributed by atoms with Crippen LogP contribution < -0.4 is 10.4 Å². The molecule has 0 saturated carbocycles. The Hall–Kier alpha value is -3.40. The molecule has 0 saturated heterocycles. The van der Waals surface area contributed by atoms with E-state index in [0.29, 0.717) is 6.42 Å². The van der Waals surface area contributed by atoms with Crippen LogP contribution in [0.25, 0.3) is 16.3 Å². The second kappa shape index (κ2) is 6.56. The fourth-order valence-corrected chi connectivity index (χ4v) is 4.90. The summed E-state index contributed by atoms with van der Waals surface area (Å²) in [7, 11) is 0. The molecule has 30 heavy (non-hydrogen) atoms. The summed E-state index contributed by atoms with van der Waals surface area (Å²) in [5.41, 5.74) is 4.93. The van der Waals surface area contributed by atoms with Gasteiger partial charge in [0.15, 0.2) is 5.78 Å². The fourth-order valence-electron chi connectivity index (χ4n) is 4.90. The van der Waals surface area contributed by atoms with Gasteiger partial charge in [-0.15, -0.1) is 0 Å². The Morgan fingerprint density at radius 1 is 1.00 bits per heavy atom.